The van der Waals surface area contributed by atoms with Crippen LogP contribution in [0.1, 0.15) is 28.8 Å². The first-order valence-corrected chi connectivity index (χ1v) is 7.61. The quantitative estimate of drug-likeness (QED) is 0.926. The van der Waals surface area contributed by atoms with Crippen molar-refractivity contribution in [2.45, 2.75) is 19.4 Å². The first kappa shape index (κ1) is 16.0. The molecule has 1 N–H and O–H groups in total. The summed E-state index contributed by atoms with van der Waals surface area (Å²) in [6.07, 6.45) is 0.0723. The van der Waals surface area contributed by atoms with Gasteiger partial charge in [0.25, 0.3) is 0 Å². The summed E-state index contributed by atoms with van der Waals surface area (Å²) in [6.45, 7) is 0.440. The van der Waals surface area contributed by atoms with Crippen LogP contribution in [0.5, 0.6) is 5.75 Å². The van der Waals surface area contributed by atoms with Crippen LogP contribution in [0.2, 0.25) is 0 Å². The second-order valence-electron chi connectivity index (χ2n) is 5.39. The number of nitrogens with one attached hydrogen (secondary N) is 1. The number of fused-ring (bicyclic) bond motifs is 1. The molecule has 0 saturated carbocycles. The summed E-state index contributed by atoms with van der Waals surface area (Å²) in [7, 11) is 0. The molecule has 0 radical (unpaired) electrons. The minimum Gasteiger partial charge on any atom is -0.493 e. The van der Waals surface area contributed by atoms with Gasteiger partial charge in [0.1, 0.15) is 18.2 Å². The van der Waals surface area contributed by atoms with Crippen LogP contribution in [-0.4, -0.2) is 18.5 Å². The predicted octanol–water partition coefficient (Wildman–Crippen LogP) is 3.93. The Hall–Kier alpha value is -2.89. The molecule has 1 heterocycles. The van der Waals surface area contributed by atoms with E-state index >= 15 is 0 Å². The SMILES string of the molecule is O=C(Nc1cc(F)c2c(c1)OCCCC2=O)OCc1ccccc1. The van der Waals surface area contributed by atoms with Gasteiger partial charge in [0, 0.05) is 12.5 Å². The van der Waals surface area contributed by atoms with Crippen molar-refractivity contribution in [2.75, 3.05) is 11.9 Å². The fourth-order valence-electron chi connectivity index (χ4n) is 2.45. The van der Waals surface area contributed by atoms with Gasteiger partial charge in [0.05, 0.1) is 17.9 Å². The molecule has 0 aliphatic carbocycles. The zero-order valence-corrected chi connectivity index (χ0v) is 12.9. The normalized spacial score (nSPS) is 13.5. The zero-order chi connectivity index (χ0) is 16.9. The van der Waals surface area contributed by atoms with Crippen LogP contribution in [0.25, 0.3) is 0 Å². The number of ether oxygens (including phenoxy) is 2. The number of hydrogen-bond donors (Lipinski definition) is 1. The molecule has 1 aliphatic heterocycles. The molecule has 2 aromatic carbocycles. The monoisotopic (exact) mass is 329 g/mol. The average Bonchev–Trinajstić information content (AvgIpc) is 2.75. The lowest BCUT2D eigenvalue weighted by molar-refractivity contribution is 0.0979. The van der Waals surface area contributed by atoms with Crippen molar-refractivity contribution in [3.63, 3.8) is 0 Å². The molecule has 5 nitrogen and oxygen atoms in total. The van der Waals surface area contributed by atoms with Gasteiger partial charge in [0.2, 0.25) is 0 Å². The molecule has 6 heteroatoms. The molecule has 0 saturated heterocycles. The van der Waals surface area contributed by atoms with Crippen molar-refractivity contribution in [2.24, 2.45) is 0 Å². The number of rotatable bonds is 3. The number of ketones is 1. The van der Waals surface area contributed by atoms with Gasteiger partial charge in [-0.25, -0.2) is 9.18 Å². The summed E-state index contributed by atoms with van der Waals surface area (Å²) in [6, 6.07) is 11.7. The van der Waals surface area contributed by atoms with E-state index in [0.717, 1.165) is 11.6 Å². The fraction of sp³-hybridized carbons (Fsp3) is 0.222. The third-order valence-corrected chi connectivity index (χ3v) is 3.60. The maximum atomic E-state index is 14.2. The van der Waals surface area contributed by atoms with Gasteiger partial charge in [-0.1, -0.05) is 30.3 Å². The summed E-state index contributed by atoms with van der Waals surface area (Å²) in [5.74, 6) is -0.855. The summed E-state index contributed by atoms with van der Waals surface area (Å²) < 4.78 is 24.7. The standard InChI is InChI=1S/C18H16FNO4/c19-14-9-13(10-16-17(14)15(21)7-4-8-23-16)20-18(22)24-11-12-5-2-1-3-6-12/h1-3,5-6,9-10H,4,7-8,11H2,(H,20,22). The second kappa shape index (κ2) is 7.12. The summed E-state index contributed by atoms with van der Waals surface area (Å²) in [5, 5.41) is 2.45. The lowest BCUT2D eigenvalue weighted by Crippen LogP contribution is -2.14. The van der Waals surface area contributed by atoms with Gasteiger partial charge in [-0.3, -0.25) is 10.1 Å². The third kappa shape index (κ3) is 3.71. The molecule has 1 amide bonds. The van der Waals surface area contributed by atoms with Crippen LogP contribution < -0.4 is 10.1 Å². The Morgan fingerprint density at radius 2 is 2.04 bits per heavy atom. The Morgan fingerprint density at radius 1 is 1.25 bits per heavy atom. The molecule has 24 heavy (non-hydrogen) atoms. The van der Waals surface area contributed by atoms with E-state index in [-0.39, 0.29) is 35.8 Å². The van der Waals surface area contributed by atoms with Crippen LogP contribution in [0.4, 0.5) is 14.9 Å². The molecular formula is C18H16FNO4. The lowest BCUT2D eigenvalue weighted by Gasteiger charge is -2.11. The largest absolute Gasteiger partial charge is 0.493 e. The van der Waals surface area contributed by atoms with Crippen LogP contribution >= 0.6 is 0 Å². The van der Waals surface area contributed by atoms with Crippen LogP contribution in [0, 0.1) is 5.82 Å². The van der Waals surface area contributed by atoms with Crippen LogP contribution in [0.15, 0.2) is 42.5 Å². The van der Waals surface area contributed by atoms with Gasteiger partial charge in [-0.2, -0.15) is 0 Å². The Kier molecular flexibility index (Phi) is 4.74. The molecule has 1 aliphatic rings. The Morgan fingerprint density at radius 3 is 2.83 bits per heavy atom. The minimum atomic E-state index is -0.710. The Bertz CT molecular complexity index is 761. The maximum Gasteiger partial charge on any atom is 0.411 e. The summed E-state index contributed by atoms with van der Waals surface area (Å²) in [4.78, 5) is 23.7. The summed E-state index contributed by atoms with van der Waals surface area (Å²) >= 11 is 0. The number of carbonyl (C=O) groups is 2. The number of amides is 1. The van der Waals surface area contributed by atoms with E-state index in [1.807, 2.05) is 30.3 Å². The molecule has 0 spiro atoms. The maximum absolute atomic E-state index is 14.2. The van der Waals surface area contributed by atoms with Gasteiger partial charge >= 0.3 is 6.09 Å². The third-order valence-electron chi connectivity index (χ3n) is 3.60. The molecule has 0 atom stereocenters. The van der Waals surface area contributed by atoms with Crippen LogP contribution in [-0.2, 0) is 11.3 Å². The van der Waals surface area contributed by atoms with Crippen molar-refractivity contribution < 1.29 is 23.5 Å². The highest BCUT2D eigenvalue weighted by atomic mass is 19.1. The number of benzene rings is 2. The van der Waals surface area contributed by atoms with E-state index in [2.05, 4.69) is 5.32 Å². The van der Waals surface area contributed by atoms with Crippen molar-refractivity contribution >= 4 is 17.6 Å². The smallest absolute Gasteiger partial charge is 0.411 e. The van der Waals surface area contributed by atoms with Crippen molar-refractivity contribution in [1.29, 1.82) is 0 Å². The van der Waals surface area contributed by atoms with E-state index in [0.29, 0.717) is 13.0 Å². The average molecular weight is 329 g/mol. The van der Waals surface area contributed by atoms with E-state index in [1.54, 1.807) is 0 Å². The fourth-order valence-corrected chi connectivity index (χ4v) is 2.45. The molecule has 2 aromatic rings. The number of carbonyl (C=O) groups excluding carboxylic acids is 2. The molecule has 124 valence electrons. The van der Waals surface area contributed by atoms with Gasteiger partial charge < -0.3 is 9.47 Å². The molecular weight excluding hydrogens is 313 g/mol. The van der Waals surface area contributed by atoms with Crippen molar-refractivity contribution in [1.82, 2.24) is 0 Å². The first-order chi connectivity index (χ1) is 11.6. The predicted molar refractivity (Wildman–Crippen MR) is 85.7 cm³/mol. The van der Waals surface area contributed by atoms with Crippen molar-refractivity contribution in [3.05, 3.63) is 59.4 Å². The number of halogens is 1. The first-order valence-electron chi connectivity index (χ1n) is 7.61. The highest BCUT2D eigenvalue weighted by Gasteiger charge is 2.22. The second-order valence-corrected chi connectivity index (χ2v) is 5.39. The minimum absolute atomic E-state index is 0.0595. The van der Waals surface area contributed by atoms with Gasteiger partial charge in [-0.05, 0) is 18.1 Å². The topological polar surface area (TPSA) is 64.6 Å². The molecule has 0 bridgehead atoms. The zero-order valence-electron chi connectivity index (χ0n) is 12.9. The highest BCUT2D eigenvalue weighted by molar-refractivity contribution is 6.00. The molecule has 3 rings (SSSR count). The number of hydrogen-bond acceptors (Lipinski definition) is 4. The van der Waals surface area contributed by atoms with E-state index in [9.17, 15) is 14.0 Å². The highest BCUT2D eigenvalue weighted by Crippen LogP contribution is 2.30. The van der Waals surface area contributed by atoms with Gasteiger partial charge in [0.15, 0.2) is 5.78 Å². The number of Topliss-reactive ketones (excluding diaryl/α,β-unsaturated/α-hetero) is 1. The van der Waals surface area contributed by atoms with Crippen LogP contribution in [0.3, 0.4) is 0 Å². The van der Waals surface area contributed by atoms with Gasteiger partial charge in [-0.15, -0.1) is 0 Å². The Balaban J connectivity index is 1.69. The van der Waals surface area contributed by atoms with E-state index < -0.39 is 11.9 Å². The molecule has 0 aromatic heterocycles. The van der Waals surface area contributed by atoms with E-state index in [1.165, 1.54) is 6.07 Å². The van der Waals surface area contributed by atoms with Crippen molar-refractivity contribution in [3.8, 4) is 5.75 Å². The lowest BCUT2D eigenvalue weighted by atomic mass is 10.1. The van der Waals surface area contributed by atoms with E-state index in [4.69, 9.17) is 9.47 Å². The molecule has 0 fully saturated rings. The molecule has 0 unspecified atom stereocenters. The summed E-state index contributed by atoms with van der Waals surface area (Å²) in [5.41, 5.74) is 0.962. The number of anilines is 1. The Labute approximate surface area is 138 Å².